The molecule has 0 bridgehead atoms. The zero-order valence-corrected chi connectivity index (χ0v) is 13.2. The van der Waals surface area contributed by atoms with Crippen molar-refractivity contribution in [2.45, 2.75) is 60.0 Å². The van der Waals surface area contributed by atoms with Crippen LogP contribution in [0.5, 0.6) is 0 Å². The number of ether oxygens (including phenoxy) is 1. The van der Waals surface area contributed by atoms with Crippen molar-refractivity contribution in [1.29, 1.82) is 0 Å². The van der Waals surface area contributed by atoms with E-state index in [1.165, 1.54) is 0 Å². The van der Waals surface area contributed by atoms with Crippen molar-refractivity contribution in [3.05, 3.63) is 0 Å². The molecule has 0 aliphatic rings. The average Bonchev–Trinajstić information content (AvgIpc) is 2.22. The van der Waals surface area contributed by atoms with Gasteiger partial charge in [-0.25, -0.2) is 13.6 Å². The van der Waals surface area contributed by atoms with Crippen LogP contribution >= 0.6 is 0 Å². The molecule has 0 aromatic heterocycles. The highest BCUT2D eigenvalue weighted by Gasteiger charge is 2.31. The molecule has 0 aliphatic heterocycles. The molecule has 1 unspecified atom stereocenters. The van der Waals surface area contributed by atoms with Gasteiger partial charge in [0.05, 0.1) is 18.5 Å². The highest BCUT2D eigenvalue weighted by atomic mass is 32.2. The second kappa shape index (κ2) is 7.46. The quantitative estimate of drug-likeness (QED) is 0.705. The first-order chi connectivity index (χ1) is 8.14. The van der Waals surface area contributed by atoms with Crippen LogP contribution in [0.4, 0.5) is 0 Å². The first-order valence-electron chi connectivity index (χ1n) is 6.76. The normalized spacial score (nSPS) is 15.1. The van der Waals surface area contributed by atoms with E-state index in [2.05, 4.69) is 13.8 Å². The third-order valence-electron chi connectivity index (χ3n) is 3.48. The van der Waals surface area contributed by atoms with Gasteiger partial charge in [0.1, 0.15) is 0 Å². The molecule has 0 saturated heterocycles. The molecule has 0 radical (unpaired) electrons. The zero-order valence-electron chi connectivity index (χ0n) is 12.4. The summed E-state index contributed by atoms with van der Waals surface area (Å²) < 4.78 is 28.4. The van der Waals surface area contributed by atoms with Gasteiger partial charge in [-0.1, -0.05) is 27.7 Å². The average molecular weight is 279 g/mol. The smallest absolute Gasteiger partial charge is 0.209 e. The van der Waals surface area contributed by atoms with Crippen molar-refractivity contribution in [1.82, 2.24) is 0 Å². The molecular weight excluding hydrogens is 250 g/mol. The Bertz CT molecular complexity index is 321. The third-order valence-corrected chi connectivity index (χ3v) is 4.50. The summed E-state index contributed by atoms with van der Waals surface area (Å²) in [6, 6.07) is 0. The van der Waals surface area contributed by atoms with Crippen LogP contribution in [-0.2, 0) is 14.8 Å². The number of hydrogen-bond donors (Lipinski definition) is 1. The lowest BCUT2D eigenvalue weighted by Crippen LogP contribution is -2.37. The molecule has 0 saturated carbocycles. The summed E-state index contributed by atoms with van der Waals surface area (Å²) in [5.74, 6) is 0.581. The highest BCUT2D eigenvalue weighted by molar-refractivity contribution is 7.89. The van der Waals surface area contributed by atoms with Gasteiger partial charge in [-0.05, 0) is 32.1 Å². The predicted molar refractivity (Wildman–Crippen MR) is 75.9 cm³/mol. The molecule has 18 heavy (non-hydrogen) atoms. The van der Waals surface area contributed by atoms with E-state index in [9.17, 15) is 8.42 Å². The van der Waals surface area contributed by atoms with Gasteiger partial charge < -0.3 is 4.74 Å². The van der Waals surface area contributed by atoms with Gasteiger partial charge in [0.2, 0.25) is 10.0 Å². The molecule has 0 aliphatic carbocycles. The lowest BCUT2D eigenvalue weighted by Gasteiger charge is -2.32. The number of sulfonamides is 1. The SMILES string of the molecule is CCC(CC)(COC(C)CC(C)C)CS(N)(=O)=O. The van der Waals surface area contributed by atoms with Gasteiger partial charge in [-0.15, -0.1) is 0 Å². The summed E-state index contributed by atoms with van der Waals surface area (Å²) >= 11 is 0. The van der Waals surface area contributed by atoms with Crippen molar-refractivity contribution in [3.8, 4) is 0 Å². The van der Waals surface area contributed by atoms with Crippen molar-refractivity contribution >= 4 is 10.0 Å². The van der Waals surface area contributed by atoms with Crippen LogP contribution in [0, 0.1) is 11.3 Å². The third kappa shape index (κ3) is 7.34. The van der Waals surface area contributed by atoms with Crippen LogP contribution in [0.3, 0.4) is 0 Å². The molecule has 0 rings (SSSR count). The molecule has 0 aromatic carbocycles. The molecule has 0 aromatic rings. The molecule has 0 amide bonds. The summed E-state index contributed by atoms with van der Waals surface area (Å²) in [4.78, 5) is 0. The summed E-state index contributed by atoms with van der Waals surface area (Å²) in [5, 5.41) is 5.18. The van der Waals surface area contributed by atoms with E-state index in [0.29, 0.717) is 12.5 Å². The minimum atomic E-state index is -3.46. The zero-order chi connectivity index (χ0) is 14.4. The Morgan fingerprint density at radius 2 is 1.67 bits per heavy atom. The fourth-order valence-electron chi connectivity index (χ4n) is 2.18. The molecule has 5 heteroatoms. The van der Waals surface area contributed by atoms with Crippen LogP contribution in [0.15, 0.2) is 0 Å². The highest BCUT2D eigenvalue weighted by Crippen LogP contribution is 2.29. The predicted octanol–water partition coefficient (Wildman–Crippen LogP) is 2.53. The minimum absolute atomic E-state index is 0.00139. The molecule has 110 valence electrons. The molecule has 0 spiro atoms. The van der Waals surface area contributed by atoms with E-state index in [1.54, 1.807) is 0 Å². The maximum atomic E-state index is 11.3. The fourth-order valence-corrected chi connectivity index (χ4v) is 3.52. The lowest BCUT2D eigenvalue weighted by atomic mass is 9.85. The summed E-state index contributed by atoms with van der Waals surface area (Å²) in [6.07, 6.45) is 2.66. The van der Waals surface area contributed by atoms with Crippen LogP contribution in [0.25, 0.3) is 0 Å². The second-order valence-electron chi connectivity index (χ2n) is 5.77. The summed E-state index contributed by atoms with van der Waals surface area (Å²) in [6.45, 7) is 10.8. The maximum Gasteiger partial charge on any atom is 0.209 e. The van der Waals surface area contributed by atoms with Crippen molar-refractivity contribution in [2.75, 3.05) is 12.4 Å². The summed E-state index contributed by atoms with van der Waals surface area (Å²) in [7, 11) is -3.46. The van der Waals surface area contributed by atoms with Crippen LogP contribution in [-0.4, -0.2) is 26.9 Å². The first-order valence-corrected chi connectivity index (χ1v) is 8.47. The van der Waals surface area contributed by atoms with E-state index in [0.717, 1.165) is 19.3 Å². The van der Waals surface area contributed by atoms with E-state index in [4.69, 9.17) is 9.88 Å². The minimum Gasteiger partial charge on any atom is -0.378 e. The standard InChI is InChI=1S/C13H29NO3S/c1-6-13(7-2,10-18(14,15)16)9-17-12(5)8-11(3)4/h11-12H,6-10H2,1-5H3,(H2,14,15,16). The number of rotatable bonds is 9. The van der Waals surface area contributed by atoms with Crippen molar-refractivity contribution in [3.63, 3.8) is 0 Å². The molecule has 1 atom stereocenters. The van der Waals surface area contributed by atoms with Crippen LogP contribution in [0.2, 0.25) is 0 Å². The van der Waals surface area contributed by atoms with Crippen LogP contribution < -0.4 is 5.14 Å². The second-order valence-corrected chi connectivity index (χ2v) is 7.38. The van der Waals surface area contributed by atoms with E-state index < -0.39 is 10.0 Å². The lowest BCUT2D eigenvalue weighted by molar-refractivity contribution is -0.00522. The van der Waals surface area contributed by atoms with Crippen molar-refractivity contribution in [2.24, 2.45) is 16.5 Å². The summed E-state index contributed by atoms with van der Waals surface area (Å²) in [5.41, 5.74) is -0.348. The molecule has 0 fully saturated rings. The van der Waals surface area contributed by atoms with Gasteiger partial charge in [-0.3, -0.25) is 0 Å². The topological polar surface area (TPSA) is 69.4 Å². The Balaban J connectivity index is 4.53. The number of nitrogens with two attached hydrogens (primary N) is 1. The van der Waals surface area contributed by atoms with Gasteiger partial charge in [-0.2, -0.15) is 0 Å². The Kier molecular flexibility index (Phi) is 7.40. The molecule has 0 heterocycles. The largest absolute Gasteiger partial charge is 0.378 e. The van der Waals surface area contributed by atoms with E-state index in [-0.39, 0.29) is 17.3 Å². The van der Waals surface area contributed by atoms with E-state index >= 15 is 0 Å². The van der Waals surface area contributed by atoms with Gasteiger partial charge in [0.25, 0.3) is 0 Å². The molecule has 2 N–H and O–H groups in total. The Morgan fingerprint density at radius 3 is 2.00 bits per heavy atom. The maximum absolute atomic E-state index is 11.3. The van der Waals surface area contributed by atoms with Gasteiger partial charge >= 0.3 is 0 Å². The fraction of sp³-hybridized carbons (Fsp3) is 1.00. The number of hydrogen-bond acceptors (Lipinski definition) is 3. The monoisotopic (exact) mass is 279 g/mol. The number of primary sulfonamides is 1. The first kappa shape index (κ1) is 17.9. The Labute approximate surface area is 112 Å². The van der Waals surface area contributed by atoms with Gasteiger partial charge in [0.15, 0.2) is 0 Å². The molecular formula is C13H29NO3S. The molecule has 4 nitrogen and oxygen atoms in total. The van der Waals surface area contributed by atoms with Gasteiger partial charge in [0, 0.05) is 5.41 Å². The van der Waals surface area contributed by atoms with E-state index in [1.807, 2.05) is 20.8 Å². The van der Waals surface area contributed by atoms with Crippen LogP contribution in [0.1, 0.15) is 53.9 Å². The Morgan fingerprint density at radius 1 is 1.17 bits per heavy atom. The van der Waals surface area contributed by atoms with Crippen molar-refractivity contribution < 1.29 is 13.2 Å². The Hall–Kier alpha value is -0.130.